The molecule has 0 aromatic heterocycles. The fourth-order valence-corrected chi connectivity index (χ4v) is 0.326. The Morgan fingerprint density at radius 1 is 1.75 bits per heavy atom. The van der Waals surface area contributed by atoms with Gasteiger partial charge in [0.25, 0.3) is 0 Å². The largest absolute Gasteiger partial charge is 0.239 e. The van der Waals surface area contributed by atoms with Gasteiger partial charge in [-0.2, -0.15) is 0 Å². The molecule has 0 rings (SSSR count). The van der Waals surface area contributed by atoms with Gasteiger partial charge >= 0.3 is 0 Å². The Hall–Kier alpha value is -0.260. The van der Waals surface area contributed by atoms with Crippen molar-refractivity contribution in [2.75, 3.05) is 0 Å². The van der Waals surface area contributed by atoms with Crippen LogP contribution in [0, 0.1) is 5.53 Å². The van der Waals surface area contributed by atoms with Crippen LogP contribution in [0.15, 0.2) is 20.4 Å². The summed E-state index contributed by atoms with van der Waals surface area (Å²) in [6.07, 6.45) is 1.59. The van der Waals surface area contributed by atoms with E-state index < -0.39 is 0 Å². The van der Waals surface area contributed by atoms with Crippen molar-refractivity contribution in [2.24, 2.45) is 10.1 Å². The third-order valence-electron chi connectivity index (χ3n) is 0.480. The normalized spacial score (nSPS) is 12.5. The van der Waals surface area contributed by atoms with Crippen molar-refractivity contribution >= 4 is 28.4 Å². The first-order chi connectivity index (χ1) is 3.81. The molecule has 1 N–H and O–H groups in total. The maximum absolute atomic E-state index is 6.44. The monoisotopic (exact) mass is 223 g/mol. The maximum Gasteiger partial charge on any atom is 0.147 e. The van der Waals surface area contributed by atoms with E-state index in [-0.39, 0.29) is 0 Å². The van der Waals surface area contributed by atoms with E-state index in [0.29, 0.717) is 5.84 Å². The lowest BCUT2D eigenvalue weighted by Gasteiger charge is -1.78. The molecule has 0 aliphatic carbocycles. The number of nitrogens with one attached hydrogen (secondary N) is 1. The molecule has 0 aromatic rings. The summed E-state index contributed by atoms with van der Waals surface area (Å²) < 4.78 is 1.76. The molecular formula is C4H6IN3. The summed E-state index contributed by atoms with van der Waals surface area (Å²) >= 11 is 2.05. The maximum atomic E-state index is 6.44. The summed E-state index contributed by atoms with van der Waals surface area (Å²) in [5, 5.41) is 3.07. The number of hydrogen-bond donors (Lipinski definition) is 1. The predicted molar refractivity (Wildman–Crippen MR) is 41.4 cm³/mol. The Balaban J connectivity index is 3.74. The molecule has 44 valence electrons. The highest BCUT2D eigenvalue weighted by Crippen LogP contribution is 1.86. The molecule has 0 spiro atoms. The van der Waals surface area contributed by atoms with Gasteiger partial charge in [0.15, 0.2) is 0 Å². The van der Waals surface area contributed by atoms with E-state index in [0.717, 1.165) is 0 Å². The molecule has 0 saturated carbocycles. The van der Waals surface area contributed by atoms with Crippen LogP contribution in [0.2, 0.25) is 0 Å². The summed E-state index contributed by atoms with van der Waals surface area (Å²) in [5.74, 6) is 0.470. The van der Waals surface area contributed by atoms with Gasteiger partial charge in [-0.1, -0.05) is 22.6 Å². The quantitative estimate of drug-likeness (QED) is 0.307. The Kier molecular flexibility index (Phi) is 4.73. The molecule has 0 aliphatic rings. The van der Waals surface area contributed by atoms with Crippen LogP contribution < -0.4 is 0 Å². The summed E-state index contributed by atoms with van der Waals surface area (Å²) in [5.41, 5.74) is 6.44. The first-order valence-electron chi connectivity index (χ1n) is 1.98. The minimum atomic E-state index is 0.470. The van der Waals surface area contributed by atoms with Crippen LogP contribution in [0.4, 0.5) is 0 Å². The lowest BCUT2D eigenvalue weighted by molar-refractivity contribution is 1.17. The number of hydrogen-bond acceptors (Lipinski definition) is 2. The van der Waals surface area contributed by atoms with Crippen LogP contribution in [-0.2, 0) is 0 Å². The van der Waals surface area contributed by atoms with Gasteiger partial charge in [-0.25, -0.2) is 10.5 Å². The van der Waals surface area contributed by atoms with Crippen LogP contribution in [0.3, 0.4) is 0 Å². The highest BCUT2D eigenvalue weighted by molar-refractivity contribution is 14.1. The number of aliphatic imine (C=N–C) groups is 1. The van der Waals surface area contributed by atoms with Gasteiger partial charge in [-0.3, -0.25) is 0 Å². The number of rotatable bonds is 1. The fourth-order valence-electron chi connectivity index (χ4n) is 0.165. The summed E-state index contributed by atoms with van der Waals surface area (Å²) in [6, 6.07) is 0. The molecule has 0 aromatic carbocycles. The molecule has 4 heteroatoms. The Labute approximate surface area is 61.5 Å². The van der Waals surface area contributed by atoms with Crippen LogP contribution in [0.1, 0.15) is 6.92 Å². The van der Waals surface area contributed by atoms with Gasteiger partial charge in [-0.05, 0) is 11.0 Å². The van der Waals surface area contributed by atoms with Gasteiger partial charge in [-0.15, -0.1) is 5.11 Å². The molecule has 0 bridgehead atoms. The van der Waals surface area contributed by atoms with Gasteiger partial charge in [0.1, 0.15) is 5.84 Å². The Bertz CT molecular complexity index is 127. The third kappa shape index (κ3) is 3.91. The van der Waals surface area contributed by atoms with Gasteiger partial charge in [0, 0.05) is 6.20 Å². The molecular weight excluding hydrogens is 217 g/mol. The molecule has 0 fully saturated rings. The van der Waals surface area contributed by atoms with Crippen molar-refractivity contribution in [1.82, 2.24) is 0 Å². The Morgan fingerprint density at radius 2 is 2.38 bits per heavy atom. The zero-order valence-corrected chi connectivity index (χ0v) is 6.58. The molecule has 0 aliphatic heterocycles. The minimum Gasteiger partial charge on any atom is -0.239 e. The van der Waals surface area contributed by atoms with Gasteiger partial charge < -0.3 is 0 Å². The zero-order valence-electron chi connectivity index (χ0n) is 4.43. The van der Waals surface area contributed by atoms with E-state index in [1.807, 2.05) is 22.6 Å². The molecule has 0 unspecified atom stereocenters. The highest BCUT2D eigenvalue weighted by atomic mass is 127. The molecule has 3 nitrogen and oxygen atoms in total. The molecule has 0 radical (unpaired) electrons. The molecule has 8 heavy (non-hydrogen) atoms. The van der Waals surface area contributed by atoms with Crippen molar-refractivity contribution in [2.45, 2.75) is 6.92 Å². The van der Waals surface area contributed by atoms with E-state index >= 15 is 0 Å². The topological polar surface area (TPSA) is 48.6 Å². The minimum absolute atomic E-state index is 0.470. The zero-order chi connectivity index (χ0) is 6.41. The van der Waals surface area contributed by atoms with Gasteiger partial charge in [0.2, 0.25) is 0 Å². The van der Waals surface area contributed by atoms with E-state index in [4.69, 9.17) is 5.53 Å². The smallest absolute Gasteiger partial charge is 0.147 e. The van der Waals surface area contributed by atoms with Crippen molar-refractivity contribution in [3.05, 3.63) is 10.3 Å². The molecule has 0 saturated heterocycles. The average Bonchev–Trinajstić information content (AvgIpc) is 1.83. The number of nitrogens with zero attached hydrogens (tertiary/aromatic N) is 2. The van der Waals surface area contributed by atoms with Crippen LogP contribution in [0.25, 0.3) is 0 Å². The van der Waals surface area contributed by atoms with Crippen molar-refractivity contribution in [3.8, 4) is 0 Å². The second-order valence-corrected chi connectivity index (χ2v) is 1.78. The van der Waals surface area contributed by atoms with Crippen LogP contribution >= 0.6 is 22.6 Å². The predicted octanol–water partition coefficient (Wildman–Crippen LogP) is 2.34. The van der Waals surface area contributed by atoms with Gasteiger partial charge in [0.05, 0.1) is 0 Å². The van der Waals surface area contributed by atoms with Crippen molar-refractivity contribution < 1.29 is 0 Å². The number of amidine groups is 1. The molecule has 0 amide bonds. The lowest BCUT2D eigenvalue weighted by Crippen LogP contribution is -1.77. The van der Waals surface area contributed by atoms with Crippen molar-refractivity contribution in [3.63, 3.8) is 0 Å². The summed E-state index contributed by atoms with van der Waals surface area (Å²) in [6.45, 7) is 1.67. The fraction of sp³-hybridized carbons (Fsp3) is 0.250. The third-order valence-corrected chi connectivity index (χ3v) is 0.801. The molecule has 0 atom stereocenters. The first kappa shape index (κ1) is 7.74. The SMILES string of the molecule is CC(N=N)=N/C=C\I. The summed E-state index contributed by atoms with van der Waals surface area (Å²) in [4.78, 5) is 3.74. The second kappa shape index (κ2) is 4.89. The highest BCUT2D eigenvalue weighted by Gasteiger charge is 1.75. The van der Waals surface area contributed by atoms with E-state index in [1.165, 1.54) is 0 Å². The molecule has 0 heterocycles. The van der Waals surface area contributed by atoms with Crippen LogP contribution in [-0.4, -0.2) is 5.84 Å². The average molecular weight is 223 g/mol. The lowest BCUT2D eigenvalue weighted by atomic mass is 10.7. The van der Waals surface area contributed by atoms with E-state index in [9.17, 15) is 0 Å². The van der Waals surface area contributed by atoms with Crippen LogP contribution in [0.5, 0.6) is 0 Å². The van der Waals surface area contributed by atoms with E-state index in [2.05, 4.69) is 10.1 Å². The Morgan fingerprint density at radius 3 is 2.75 bits per heavy atom. The van der Waals surface area contributed by atoms with E-state index in [1.54, 1.807) is 17.2 Å². The number of halogens is 1. The first-order valence-corrected chi connectivity index (χ1v) is 3.23. The second-order valence-electron chi connectivity index (χ2n) is 1.06. The standard InChI is InChI=1S/C4H6IN3/c1-4(8-6)7-3-2-5/h2-3,6H,1H3/b3-2-,7-4?,8-6?. The summed E-state index contributed by atoms with van der Waals surface area (Å²) in [7, 11) is 0. The van der Waals surface area contributed by atoms with Crippen molar-refractivity contribution in [1.29, 1.82) is 5.53 Å².